The van der Waals surface area contributed by atoms with Crippen LogP contribution in [-0.2, 0) is 16.8 Å². The molecule has 0 saturated heterocycles. The van der Waals surface area contributed by atoms with E-state index in [2.05, 4.69) is 0 Å². The molecule has 3 N–H and O–H groups in total. The van der Waals surface area contributed by atoms with Gasteiger partial charge in [-0.15, -0.1) is 0 Å². The fraction of sp³-hybridized carbons (Fsp3) is 0.235. The summed E-state index contributed by atoms with van der Waals surface area (Å²) in [5.74, 6) is -0.340. The Morgan fingerprint density at radius 1 is 1.10 bits per heavy atom. The van der Waals surface area contributed by atoms with Crippen LogP contribution < -0.4 is 5.73 Å². The summed E-state index contributed by atoms with van der Waals surface area (Å²) in [6.07, 6.45) is 0. The van der Waals surface area contributed by atoms with Crippen molar-refractivity contribution in [1.29, 1.82) is 0 Å². The molecule has 0 bridgehead atoms. The third kappa shape index (κ3) is 2.73. The van der Waals surface area contributed by atoms with Crippen molar-refractivity contribution in [2.75, 3.05) is 0 Å². The van der Waals surface area contributed by atoms with Gasteiger partial charge >= 0.3 is 0 Å². The smallest absolute Gasteiger partial charge is 0.227 e. The van der Waals surface area contributed by atoms with Gasteiger partial charge in [0, 0.05) is 0 Å². The Morgan fingerprint density at radius 2 is 1.75 bits per heavy atom. The lowest BCUT2D eigenvalue weighted by Crippen LogP contribution is -2.35. The first-order valence-electron chi connectivity index (χ1n) is 6.56. The molecule has 0 atom stereocenters. The number of nitrogens with two attached hydrogens (primary N) is 1. The predicted octanol–water partition coefficient (Wildman–Crippen LogP) is 2.61. The highest BCUT2D eigenvalue weighted by molar-refractivity contribution is 5.86. The van der Waals surface area contributed by atoms with Crippen LogP contribution >= 0.6 is 0 Å². The first-order chi connectivity index (χ1) is 9.45. The minimum atomic E-state index is -0.675. The maximum atomic E-state index is 11.5. The zero-order valence-corrected chi connectivity index (χ0v) is 11.8. The summed E-state index contributed by atoms with van der Waals surface area (Å²) in [5, 5.41) is 9.17. The molecule has 3 nitrogen and oxygen atoms in total. The van der Waals surface area contributed by atoms with Crippen LogP contribution in [0.2, 0.25) is 0 Å². The molecule has 2 aromatic carbocycles. The number of amides is 1. The van der Waals surface area contributed by atoms with Crippen molar-refractivity contribution in [2.45, 2.75) is 25.9 Å². The number of aliphatic hydroxyl groups excluding tert-OH is 1. The van der Waals surface area contributed by atoms with Crippen LogP contribution in [-0.4, -0.2) is 11.0 Å². The van der Waals surface area contributed by atoms with Gasteiger partial charge in [0.15, 0.2) is 0 Å². The first kappa shape index (κ1) is 14.3. The summed E-state index contributed by atoms with van der Waals surface area (Å²) in [5.41, 5.74) is 8.61. The molecule has 104 valence electrons. The Morgan fingerprint density at radius 3 is 2.30 bits per heavy atom. The van der Waals surface area contributed by atoms with Crippen molar-refractivity contribution in [3.63, 3.8) is 0 Å². The first-order valence-corrected chi connectivity index (χ1v) is 6.56. The Labute approximate surface area is 119 Å². The topological polar surface area (TPSA) is 63.3 Å². The van der Waals surface area contributed by atoms with Gasteiger partial charge < -0.3 is 10.8 Å². The summed E-state index contributed by atoms with van der Waals surface area (Å²) in [6.45, 7) is 3.66. The molecule has 2 aromatic rings. The number of rotatable bonds is 4. The predicted molar refractivity (Wildman–Crippen MR) is 80.0 cm³/mol. The normalized spacial score (nSPS) is 11.3. The van der Waals surface area contributed by atoms with Gasteiger partial charge in [0.1, 0.15) is 0 Å². The molecule has 2 rings (SSSR count). The van der Waals surface area contributed by atoms with Crippen molar-refractivity contribution in [3.05, 3.63) is 59.7 Å². The number of benzene rings is 2. The summed E-state index contributed by atoms with van der Waals surface area (Å²) < 4.78 is 0. The van der Waals surface area contributed by atoms with E-state index in [0.717, 1.165) is 22.3 Å². The van der Waals surface area contributed by atoms with Crippen molar-refractivity contribution in [1.82, 2.24) is 0 Å². The fourth-order valence-electron chi connectivity index (χ4n) is 2.07. The highest BCUT2D eigenvalue weighted by Crippen LogP contribution is 2.26. The summed E-state index contributed by atoms with van der Waals surface area (Å²) in [6, 6.07) is 15.5. The SMILES string of the molecule is CC(C)(C(N)=O)c1ccc(-c2cccc(CO)c2)cc1. The van der Waals surface area contributed by atoms with Gasteiger partial charge in [-0.05, 0) is 42.2 Å². The van der Waals surface area contributed by atoms with Crippen molar-refractivity contribution < 1.29 is 9.90 Å². The molecule has 1 amide bonds. The average molecular weight is 269 g/mol. The summed E-state index contributed by atoms with van der Waals surface area (Å²) in [4.78, 5) is 11.5. The Kier molecular flexibility index (Phi) is 3.91. The van der Waals surface area contributed by atoms with Crippen LogP contribution in [0.5, 0.6) is 0 Å². The third-order valence-electron chi connectivity index (χ3n) is 3.67. The zero-order valence-electron chi connectivity index (χ0n) is 11.8. The number of aliphatic hydroxyl groups is 1. The number of primary amides is 1. The van der Waals surface area contributed by atoms with Crippen molar-refractivity contribution >= 4 is 5.91 Å². The lowest BCUT2D eigenvalue weighted by molar-refractivity contribution is -0.122. The Hall–Kier alpha value is -2.13. The highest BCUT2D eigenvalue weighted by Gasteiger charge is 2.26. The maximum Gasteiger partial charge on any atom is 0.227 e. The third-order valence-corrected chi connectivity index (χ3v) is 3.67. The van der Waals surface area contributed by atoms with Gasteiger partial charge in [-0.25, -0.2) is 0 Å². The van der Waals surface area contributed by atoms with E-state index in [1.807, 2.05) is 62.4 Å². The van der Waals surface area contributed by atoms with Crippen LogP contribution in [0.3, 0.4) is 0 Å². The molecule has 0 aromatic heterocycles. The standard InChI is InChI=1S/C17H19NO2/c1-17(2,16(18)20)15-8-6-13(7-9-15)14-5-3-4-12(10-14)11-19/h3-10,19H,11H2,1-2H3,(H2,18,20). The molecule has 0 aliphatic heterocycles. The van der Waals surface area contributed by atoms with Crippen molar-refractivity contribution in [2.24, 2.45) is 5.73 Å². The molecule has 0 aliphatic rings. The van der Waals surface area contributed by atoms with E-state index in [0.29, 0.717) is 0 Å². The van der Waals surface area contributed by atoms with Crippen LogP contribution in [0, 0.1) is 0 Å². The van der Waals surface area contributed by atoms with Gasteiger partial charge in [0.2, 0.25) is 5.91 Å². The average Bonchev–Trinajstić information content (AvgIpc) is 2.47. The van der Waals surface area contributed by atoms with Crippen LogP contribution in [0.25, 0.3) is 11.1 Å². The number of carbonyl (C=O) groups excluding carboxylic acids is 1. The Balaban J connectivity index is 2.35. The maximum absolute atomic E-state index is 11.5. The van der Waals surface area contributed by atoms with Gasteiger partial charge in [-0.1, -0.05) is 42.5 Å². The van der Waals surface area contributed by atoms with E-state index < -0.39 is 5.41 Å². The second-order valence-corrected chi connectivity index (χ2v) is 5.43. The van der Waals surface area contributed by atoms with E-state index in [-0.39, 0.29) is 12.5 Å². The van der Waals surface area contributed by atoms with E-state index in [1.165, 1.54) is 0 Å². The molecule has 20 heavy (non-hydrogen) atoms. The lowest BCUT2D eigenvalue weighted by atomic mass is 9.83. The fourth-order valence-corrected chi connectivity index (χ4v) is 2.07. The van der Waals surface area contributed by atoms with Gasteiger partial charge in [-0.2, -0.15) is 0 Å². The molecule has 0 spiro atoms. The zero-order chi connectivity index (χ0) is 14.8. The minimum Gasteiger partial charge on any atom is -0.392 e. The molecular weight excluding hydrogens is 250 g/mol. The highest BCUT2D eigenvalue weighted by atomic mass is 16.3. The molecular formula is C17H19NO2. The molecule has 0 heterocycles. The van der Waals surface area contributed by atoms with E-state index >= 15 is 0 Å². The molecule has 0 saturated carbocycles. The van der Waals surface area contributed by atoms with Gasteiger partial charge in [0.25, 0.3) is 0 Å². The largest absolute Gasteiger partial charge is 0.392 e. The molecule has 0 unspecified atom stereocenters. The monoisotopic (exact) mass is 269 g/mol. The van der Waals surface area contributed by atoms with E-state index in [1.54, 1.807) is 0 Å². The quantitative estimate of drug-likeness (QED) is 0.896. The molecule has 0 radical (unpaired) electrons. The molecule has 3 heteroatoms. The lowest BCUT2D eigenvalue weighted by Gasteiger charge is -2.21. The summed E-state index contributed by atoms with van der Waals surface area (Å²) >= 11 is 0. The molecule has 0 fully saturated rings. The van der Waals surface area contributed by atoms with Gasteiger partial charge in [-0.3, -0.25) is 4.79 Å². The molecule has 0 aliphatic carbocycles. The van der Waals surface area contributed by atoms with Crippen molar-refractivity contribution in [3.8, 4) is 11.1 Å². The summed E-state index contributed by atoms with van der Waals surface area (Å²) in [7, 11) is 0. The van der Waals surface area contributed by atoms with E-state index in [4.69, 9.17) is 10.8 Å². The van der Waals surface area contributed by atoms with Crippen LogP contribution in [0.15, 0.2) is 48.5 Å². The Bertz CT molecular complexity index is 615. The van der Waals surface area contributed by atoms with E-state index in [9.17, 15) is 4.79 Å². The number of hydrogen-bond donors (Lipinski definition) is 2. The van der Waals surface area contributed by atoms with Crippen LogP contribution in [0.1, 0.15) is 25.0 Å². The second-order valence-electron chi connectivity index (χ2n) is 5.43. The van der Waals surface area contributed by atoms with Crippen LogP contribution in [0.4, 0.5) is 0 Å². The van der Waals surface area contributed by atoms with Gasteiger partial charge in [0.05, 0.1) is 12.0 Å². The second kappa shape index (κ2) is 5.47. The minimum absolute atomic E-state index is 0.0284. The number of hydrogen-bond acceptors (Lipinski definition) is 2. The number of carbonyl (C=O) groups is 1.